The van der Waals surface area contributed by atoms with Crippen LogP contribution in [-0.2, 0) is 21.0 Å². The summed E-state index contributed by atoms with van der Waals surface area (Å²) < 4.78 is 12.6. The van der Waals surface area contributed by atoms with Crippen molar-refractivity contribution < 1.29 is 29.0 Å². The average Bonchev–Trinajstić information content (AvgIpc) is 2.87. The minimum atomic E-state index is -1.00. The summed E-state index contributed by atoms with van der Waals surface area (Å²) in [6.45, 7) is 10.2. The first kappa shape index (κ1) is 30.1. The summed E-state index contributed by atoms with van der Waals surface area (Å²) in [6.07, 6.45) is 1.72. The van der Waals surface area contributed by atoms with Crippen LogP contribution in [0.4, 0.5) is 0 Å². The van der Waals surface area contributed by atoms with Crippen molar-refractivity contribution in [3.63, 3.8) is 0 Å². The summed E-state index contributed by atoms with van der Waals surface area (Å²) >= 11 is 3.68. The van der Waals surface area contributed by atoms with E-state index in [9.17, 15) is 19.5 Å². The van der Waals surface area contributed by atoms with Gasteiger partial charge in [-0.05, 0) is 69.8 Å². The number of carboxylic acid groups (broad SMARTS) is 1. The number of ether oxygens (including phenoxy) is 2. The Hall–Kier alpha value is -3.39. The molecule has 1 heterocycles. The maximum atomic E-state index is 13.9. The van der Waals surface area contributed by atoms with Gasteiger partial charge in [-0.15, -0.1) is 0 Å². The number of hydrogen-bond acceptors (Lipinski definition) is 6. The van der Waals surface area contributed by atoms with Gasteiger partial charge in [0.15, 0.2) is 23.1 Å². The Labute approximate surface area is 255 Å². The van der Waals surface area contributed by atoms with Gasteiger partial charge in [0.25, 0.3) is 0 Å². The number of nitrogens with zero attached hydrogens (tertiary/aromatic N) is 1. The molecule has 0 unspecified atom stereocenters. The molecule has 2 aliphatic carbocycles. The van der Waals surface area contributed by atoms with E-state index in [1.807, 2.05) is 71.0 Å². The van der Waals surface area contributed by atoms with Crippen LogP contribution in [0.5, 0.6) is 11.5 Å². The van der Waals surface area contributed by atoms with Crippen LogP contribution in [0.15, 0.2) is 63.4 Å². The number of methoxy groups -OCH3 is 1. The second-order valence-corrected chi connectivity index (χ2v) is 14.2. The van der Waals surface area contributed by atoms with Gasteiger partial charge < -0.3 is 19.5 Å². The number of hydrogen-bond donors (Lipinski definition) is 1. The summed E-state index contributed by atoms with van der Waals surface area (Å²) in [6, 6.07) is 11.9. The number of ketones is 2. The maximum Gasteiger partial charge on any atom is 0.323 e. The van der Waals surface area contributed by atoms with Gasteiger partial charge in [0.1, 0.15) is 13.2 Å². The number of carboxylic acids is 1. The molecule has 0 spiro atoms. The molecule has 0 bridgehead atoms. The standard InChI is InChI=1S/C34H38BrNO6/c1-19-7-9-20(10-8-19)18-42-32-22(35)11-21(12-27(32)41-6)29-30-23(13-33(2,3)15-25(30)37)36(17-28(39)40)24-14-34(4,5)16-26(38)31(24)29/h7-12,29H,13-18H2,1-6H3,(H,39,40). The van der Waals surface area contributed by atoms with Crippen molar-refractivity contribution >= 4 is 33.5 Å². The van der Waals surface area contributed by atoms with Crippen LogP contribution in [0, 0.1) is 17.8 Å². The minimum Gasteiger partial charge on any atom is -0.493 e. The molecule has 5 rings (SSSR count). The van der Waals surface area contributed by atoms with E-state index in [1.54, 1.807) is 12.0 Å². The first-order valence-corrected chi connectivity index (χ1v) is 15.1. The summed E-state index contributed by atoms with van der Waals surface area (Å²) in [5.41, 5.74) is 4.70. The van der Waals surface area contributed by atoms with E-state index in [-0.39, 0.29) is 28.9 Å². The Bertz CT molecular complexity index is 1480. The van der Waals surface area contributed by atoms with E-state index in [0.717, 1.165) is 11.1 Å². The molecule has 222 valence electrons. The molecule has 2 aromatic carbocycles. The van der Waals surface area contributed by atoms with Crippen molar-refractivity contribution in [3.8, 4) is 11.5 Å². The summed E-state index contributed by atoms with van der Waals surface area (Å²) in [5, 5.41) is 9.91. The Morgan fingerprint density at radius 3 is 2.00 bits per heavy atom. The van der Waals surface area contributed by atoms with Crippen molar-refractivity contribution in [1.82, 2.24) is 4.90 Å². The van der Waals surface area contributed by atoms with Gasteiger partial charge in [-0.1, -0.05) is 57.5 Å². The topological polar surface area (TPSA) is 93.1 Å². The second-order valence-electron chi connectivity index (χ2n) is 13.3. The van der Waals surface area contributed by atoms with E-state index in [0.29, 0.717) is 70.8 Å². The van der Waals surface area contributed by atoms with E-state index >= 15 is 0 Å². The highest BCUT2D eigenvalue weighted by atomic mass is 79.9. The summed E-state index contributed by atoms with van der Waals surface area (Å²) in [5.74, 6) is -0.722. The van der Waals surface area contributed by atoms with Gasteiger partial charge in [0.05, 0.1) is 11.6 Å². The van der Waals surface area contributed by atoms with Gasteiger partial charge in [0.2, 0.25) is 0 Å². The largest absolute Gasteiger partial charge is 0.493 e. The fourth-order valence-corrected chi connectivity index (χ4v) is 7.17. The predicted octanol–water partition coefficient (Wildman–Crippen LogP) is 7.12. The molecule has 1 aliphatic heterocycles. The third kappa shape index (κ3) is 5.78. The fraction of sp³-hybridized carbons (Fsp3) is 0.441. The SMILES string of the molecule is COc1cc(C2C3=C(CC(C)(C)CC3=O)N(CC(=O)O)C3=C2C(=O)CC(C)(C)C3)cc(Br)c1OCc1ccc(C)cc1. The molecule has 8 heteroatoms. The monoisotopic (exact) mass is 635 g/mol. The Morgan fingerprint density at radius 2 is 1.50 bits per heavy atom. The molecule has 42 heavy (non-hydrogen) atoms. The minimum absolute atomic E-state index is 0.0550. The van der Waals surface area contributed by atoms with E-state index in [2.05, 4.69) is 15.9 Å². The van der Waals surface area contributed by atoms with E-state index in [1.165, 1.54) is 5.56 Å². The van der Waals surface area contributed by atoms with E-state index in [4.69, 9.17) is 9.47 Å². The number of Topliss-reactive ketones (excluding diaryl/α,β-unsaturated/α-hetero) is 2. The molecule has 1 N–H and O–H groups in total. The Kier molecular flexibility index (Phi) is 7.90. The van der Waals surface area contributed by atoms with Crippen molar-refractivity contribution in [2.24, 2.45) is 10.8 Å². The van der Waals surface area contributed by atoms with Gasteiger partial charge in [0, 0.05) is 41.3 Å². The zero-order valence-corrected chi connectivity index (χ0v) is 26.7. The van der Waals surface area contributed by atoms with Crippen LogP contribution in [0.3, 0.4) is 0 Å². The van der Waals surface area contributed by atoms with Gasteiger partial charge >= 0.3 is 5.97 Å². The molecule has 0 radical (unpaired) electrons. The number of aliphatic carboxylic acids is 1. The van der Waals surface area contributed by atoms with Crippen molar-refractivity contribution in [2.45, 2.75) is 72.8 Å². The van der Waals surface area contributed by atoms with Crippen molar-refractivity contribution in [1.29, 1.82) is 0 Å². The zero-order chi connectivity index (χ0) is 30.6. The van der Waals surface area contributed by atoms with Gasteiger partial charge in [-0.3, -0.25) is 14.4 Å². The second kappa shape index (κ2) is 11.0. The highest BCUT2D eigenvalue weighted by Crippen LogP contribution is 2.55. The highest BCUT2D eigenvalue weighted by molar-refractivity contribution is 9.10. The average molecular weight is 637 g/mol. The molecular formula is C34H38BrNO6. The molecule has 0 saturated carbocycles. The third-order valence-electron chi connectivity index (χ3n) is 8.40. The number of aryl methyl sites for hydroxylation is 1. The van der Waals surface area contributed by atoms with Crippen LogP contribution in [-0.4, -0.2) is 41.2 Å². The third-order valence-corrected chi connectivity index (χ3v) is 8.99. The first-order chi connectivity index (χ1) is 19.7. The lowest BCUT2D eigenvalue weighted by Crippen LogP contribution is -2.45. The number of carbonyl (C=O) groups is 3. The molecule has 0 fully saturated rings. The number of rotatable bonds is 7. The quantitative estimate of drug-likeness (QED) is 0.346. The highest BCUT2D eigenvalue weighted by Gasteiger charge is 2.49. The molecule has 0 amide bonds. The lowest BCUT2D eigenvalue weighted by Gasteiger charge is -2.48. The number of halogens is 1. The van der Waals surface area contributed by atoms with Crippen LogP contribution in [0.1, 0.15) is 76.0 Å². The molecule has 0 aromatic heterocycles. The van der Waals surface area contributed by atoms with Crippen molar-refractivity contribution in [3.05, 3.63) is 80.1 Å². The molecular weight excluding hydrogens is 598 g/mol. The van der Waals surface area contributed by atoms with Crippen LogP contribution in [0.2, 0.25) is 0 Å². The number of carbonyl (C=O) groups excluding carboxylic acids is 2. The number of allylic oxidation sites excluding steroid dienone is 4. The summed E-state index contributed by atoms with van der Waals surface area (Å²) in [4.78, 5) is 41.7. The summed E-state index contributed by atoms with van der Waals surface area (Å²) in [7, 11) is 1.57. The molecule has 7 nitrogen and oxygen atoms in total. The Morgan fingerprint density at radius 1 is 0.952 bits per heavy atom. The normalized spacial score (nSPS) is 19.9. The lowest BCUT2D eigenvalue weighted by atomic mass is 9.63. The van der Waals surface area contributed by atoms with Crippen LogP contribution >= 0.6 is 15.9 Å². The van der Waals surface area contributed by atoms with Gasteiger partial charge in [-0.2, -0.15) is 0 Å². The molecule has 0 atom stereocenters. The lowest BCUT2D eigenvalue weighted by molar-refractivity contribution is -0.138. The molecule has 0 saturated heterocycles. The zero-order valence-electron chi connectivity index (χ0n) is 25.1. The van der Waals surface area contributed by atoms with Crippen LogP contribution in [0.25, 0.3) is 0 Å². The van der Waals surface area contributed by atoms with E-state index < -0.39 is 11.9 Å². The number of benzene rings is 2. The van der Waals surface area contributed by atoms with Crippen molar-refractivity contribution in [2.75, 3.05) is 13.7 Å². The molecule has 3 aliphatic rings. The Balaban J connectivity index is 1.66. The molecule has 2 aromatic rings. The van der Waals surface area contributed by atoms with Crippen LogP contribution < -0.4 is 9.47 Å². The fourth-order valence-electron chi connectivity index (χ4n) is 6.59. The maximum absolute atomic E-state index is 13.9. The predicted molar refractivity (Wildman–Crippen MR) is 163 cm³/mol. The first-order valence-electron chi connectivity index (χ1n) is 14.3. The smallest absolute Gasteiger partial charge is 0.323 e. The van der Waals surface area contributed by atoms with Gasteiger partial charge in [-0.25, -0.2) is 0 Å².